The summed E-state index contributed by atoms with van der Waals surface area (Å²) in [6.45, 7) is 8.91. The van der Waals surface area contributed by atoms with Crippen LogP contribution in [-0.4, -0.2) is 25.8 Å². The molecule has 1 N–H and O–H groups in total. The topological polar surface area (TPSA) is 30.5 Å². The van der Waals surface area contributed by atoms with Gasteiger partial charge in [0.2, 0.25) is 0 Å². The molecule has 0 radical (unpaired) electrons. The Balaban J connectivity index is 1.76. The minimum Gasteiger partial charge on any atom is -0.490 e. The van der Waals surface area contributed by atoms with Crippen LogP contribution < -0.4 is 14.8 Å². The molecule has 1 aliphatic carbocycles. The molecule has 112 valence electrons. The molecule has 1 fully saturated rings. The molecule has 1 unspecified atom stereocenters. The molecule has 1 aromatic carbocycles. The number of hydrogen-bond donors (Lipinski definition) is 1. The Hall–Kier alpha value is -1.22. The highest BCUT2D eigenvalue weighted by Crippen LogP contribution is 2.37. The highest BCUT2D eigenvalue weighted by atomic mass is 16.5. The highest BCUT2D eigenvalue weighted by Gasteiger charge is 2.33. The van der Waals surface area contributed by atoms with E-state index in [9.17, 15) is 0 Å². The molecule has 0 heterocycles. The molecule has 1 saturated carbocycles. The molecule has 0 aromatic heterocycles. The van der Waals surface area contributed by atoms with E-state index in [-0.39, 0.29) is 0 Å². The van der Waals surface area contributed by atoms with Gasteiger partial charge in [0.05, 0.1) is 6.61 Å². The second-order valence-corrected chi connectivity index (χ2v) is 6.12. The first-order chi connectivity index (χ1) is 9.63. The molecule has 1 atom stereocenters. The lowest BCUT2D eigenvalue weighted by molar-refractivity contribution is 0.244. The van der Waals surface area contributed by atoms with E-state index >= 15 is 0 Å². The Morgan fingerprint density at radius 1 is 1.20 bits per heavy atom. The number of ether oxygens (including phenoxy) is 2. The van der Waals surface area contributed by atoms with Gasteiger partial charge in [0.25, 0.3) is 0 Å². The second-order valence-electron chi connectivity index (χ2n) is 6.12. The number of hydrogen-bond acceptors (Lipinski definition) is 3. The van der Waals surface area contributed by atoms with E-state index in [2.05, 4.69) is 19.2 Å². The lowest BCUT2D eigenvalue weighted by Crippen LogP contribution is -2.39. The van der Waals surface area contributed by atoms with Crippen molar-refractivity contribution in [3.8, 4) is 11.5 Å². The largest absolute Gasteiger partial charge is 0.490 e. The molecule has 3 nitrogen and oxygen atoms in total. The molecule has 0 amide bonds. The summed E-state index contributed by atoms with van der Waals surface area (Å²) >= 11 is 0. The summed E-state index contributed by atoms with van der Waals surface area (Å²) in [6, 6.07) is 8.48. The third-order valence-electron chi connectivity index (χ3n) is 4.16. The fourth-order valence-corrected chi connectivity index (χ4v) is 2.94. The van der Waals surface area contributed by atoms with Crippen LogP contribution in [0.3, 0.4) is 0 Å². The van der Waals surface area contributed by atoms with Crippen LogP contribution in [0.25, 0.3) is 0 Å². The van der Waals surface area contributed by atoms with Crippen LogP contribution in [0.15, 0.2) is 24.3 Å². The molecule has 1 aromatic rings. The van der Waals surface area contributed by atoms with Gasteiger partial charge < -0.3 is 14.8 Å². The van der Waals surface area contributed by atoms with Crippen molar-refractivity contribution in [2.75, 3.05) is 19.8 Å². The Labute approximate surface area is 122 Å². The minimum absolute atomic E-state index is 0.420. The number of nitrogens with one attached hydrogen (secondary N) is 1. The summed E-state index contributed by atoms with van der Waals surface area (Å²) in [5.74, 6) is 1.66. The fraction of sp³-hybridized carbons (Fsp3) is 0.647. The third-order valence-corrected chi connectivity index (χ3v) is 4.16. The minimum atomic E-state index is 0.420. The van der Waals surface area contributed by atoms with Gasteiger partial charge in [-0.1, -0.05) is 32.4 Å². The maximum Gasteiger partial charge on any atom is 0.161 e. The first-order valence-corrected chi connectivity index (χ1v) is 7.71. The van der Waals surface area contributed by atoms with Crippen LogP contribution in [0, 0.1) is 5.41 Å². The zero-order chi connectivity index (χ0) is 14.4. The van der Waals surface area contributed by atoms with Gasteiger partial charge in [0.1, 0.15) is 6.61 Å². The summed E-state index contributed by atoms with van der Waals surface area (Å²) in [5.41, 5.74) is 0.420. The average molecular weight is 277 g/mol. The quantitative estimate of drug-likeness (QED) is 0.772. The van der Waals surface area contributed by atoms with Crippen molar-refractivity contribution < 1.29 is 9.47 Å². The highest BCUT2D eigenvalue weighted by molar-refractivity contribution is 5.39. The summed E-state index contributed by atoms with van der Waals surface area (Å²) in [4.78, 5) is 0. The van der Waals surface area contributed by atoms with Crippen LogP contribution in [0.2, 0.25) is 0 Å². The smallest absolute Gasteiger partial charge is 0.161 e. The lowest BCUT2D eigenvalue weighted by atomic mass is 9.87. The van der Waals surface area contributed by atoms with Crippen molar-refractivity contribution in [2.24, 2.45) is 5.41 Å². The maximum atomic E-state index is 5.83. The predicted octanol–water partition coefficient (Wildman–Crippen LogP) is 3.63. The van der Waals surface area contributed by atoms with Crippen LogP contribution >= 0.6 is 0 Å². The normalized spacial score (nSPS) is 20.9. The molecular weight excluding hydrogens is 250 g/mol. The average Bonchev–Trinajstić information content (AvgIpc) is 2.76. The summed E-state index contributed by atoms with van der Waals surface area (Å²) < 4.78 is 11.4. The molecule has 0 spiro atoms. The SMILES string of the molecule is CCOc1ccccc1OCCNC1CCCC1(C)C. The number of para-hydroxylation sites is 2. The monoisotopic (exact) mass is 277 g/mol. The number of rotatable bonds is 7. The van der Waals surface area contributed by atoms with E-state index in [0.717, 1.165) is 18.0 Å². The van der Waals surface area contributed by atoms with Gasteiger partial charge in [0.15, 0.2) is 11.5 Å². The van der Waals surface area contributed by atoms with Crippen molar-refractivity contribution in [3.05, 3.63) is 24.3 Å². The Morgan fingerprint density at radius 3 is 2.50 bits per heavy atom. The lowest BCUT2D eigenvalue weighted by Gasteiger charge is -2.28. The molecule has 0 aliphatic heterocycles. The van der Waals surface area contributed by atoms with Crippen LogP contribution in [-0.2, 0) is 0 Å². The van der Waals surface area contributed by atoms with E-state index in [1.165, 1.54) is 19.3 Å². The molecule has 20 heavy (non-hydrogen) atoms. The zero-order valence-corrected chi connectivity index (χ0v) is 12.9. The molecule has 1 aliphatic rings. The van der Waals surface area contributed by atoms with Crippen molar-refractivity contribution in [1.29, 1.82) is 0 Å². The first kappa shape index (κ1) is 15.2. The predicted molar refractivity (Wildman–Crippen MR) is 82.5 cm³/mol. The van der Waals surface area contributed by atoms with Gasteiger partial charge in [0, 0.05) is 12.6 Å². The van der Waals surface area contributed by atoms with Crippen LogP contribution in [0.5, 0.6) is 11.5 Å². The first-order valence-electron chi connectivity index (χ1n) is 7.71. The molecular formula is C17H27NO2. The van der Waals surface area contributed by atoms with Crippen molar-refractivity contribution in [1.82, 2.24) is 5.32 Å². The standard InChI is InChI=1S/C17H27NO2/c1-4-19-14-8-5-6-9-15(14)20-13-12-18-16-10-7-11-17(16,2)3/h5-6,8-9,16,18H,4,7,10-13H2,1-3H3. The van der Waals surface area contributed by atoms with Crippen molar-refractivity contribution >= 4 is 0 Å². The van der Waals surface area contributed by atoms with Gasteiger partial charge in [-0.2, -0.15) is 0 Å². The second kappa shape index (κ2) is 6.98. The Kier molecular flexibility index (Phi) is 5.30. The van der Waals surface area contributed by atoms with Gasteiger partial charge >= 0.3 is 0 Å². The fourth-order valence-electron chi connectivity index (χ4n) is 2.94. The summed E-state index contributed by atoms with van der Waals surface area (Å²) in [5, 5.41) is 3.63. The van der Waals surface area contributed by atoms with Gasteiger partial charge in [-0.05, 0) is 37.3 Å². The van der Waals surface area contributed by atoms with E-state index < -0.39 is 0 Å². The van der Waals surface area contributed by atoms with E-state index in [1.807, 2.05) is 31.2 Å². The number of benzene rings is 1. The van der Waals surface area contributed by atoms with Crippen molar-refractivity contribution in [2.45, 2.75) is 46.1 Å². The summed E-state index contributed by atoms with van der Waals surface area (Å²) in [6.07, 6.45) is 3.93. The molecule has 0 bridgehead atoms. The molecule has 3 heteroatoms. The van der Waals surface area contributed by atoms with E-state index in [4.69, 9.17) is 9.47 Å². The van der Waals surface area contributed by atoms with E-state index in [1.54, 1.807) is 0 Å². The molecule has 0 saturated heterocycles. The maximum absolute atomic E-state index is 5.83. The van der Waals surface area contributed by atoms with Gasteiger partial charge in [-0.3, -0.25) is 0 Å². The third kappa shape index (κ3) is 3.89. The van der Waals surface area contributed by atoms with E-state index in [0.29, 0.717) is 24.7 Å². The zero-order valence-electron chi connectivity index (χ0n) is 12.9. The Bertz CT molecular complexity index is 417. The van der Waals surface area contributed by atoms with Gasteiger partial charge in [-0.15, -0.1) is 0 Å². The Morgan fingerprint density at radius 2 is 1.90 bits per heavy atom. The van der Waals surface area contributed by atoms with Crippen LogP contribution in [0.1, 0.15) is 40.0 Å². The molecule has 2 rings (SSSR count). The van der Waals surface area contributed by atoms with Gasteiger partial charge in [-0.25, -0.2) is 0 Å². The van der Waals surface area contributed by atoms with Crippen LogP contribution in [0.4, 0.5) is 0 Å². The summed E-state index contributed by atoms with van der Waals surface area (Å²) in [7, 11) is 0. The van der Waals surface area contributed by atoms with Crippen molar-refractivity contribution in [3.63, 3.8) is 0 Å².